The summed E-state index contributed by atoms with van der Waals surface area (Å²) in [6.45, 7) is 6.39. The van der Waals surface area contributed by atoms with Crippen molar-refractivity contribution in [3.05, 3.63) is 59.4 Å². The lowest BCUT2D eigenvalue weighted by molar-refractivity contribution is -0.0877. The van der Waals surface area contributed by atoms with Crippen molar-refractivity contribution in [2.75, 3.05) is 19.7 Å². The molecule has 2 atom stereocenters. The van der Waals surface area contributed by atoms with Crippen molar-refractivity contribution in [3.63, 3.8) is 0 Å². The summed E-state index contributed by atoms with van der Waals surface area (Å²) >= 11 is 0. The van der Waals surface area contributed by atoms with Crippen LogP contribution in [0, 0.1) is 11.8 Å². The quantitative estimate of drug-likeness (QED) is 0.789. The molecule has 1 saturated heterocycles. The number of aryl methyl sites for hydroxylation is 1. The highest BCUT2D eigenvalue weighted by Crippen LogP contribution is 2.35. The van der Waals surface area contributed by atoms with Gasteiger partial charge in [0.2, 0.25) is 0 Å². The van der Waals surface area contributed by atoms with Crippen LogP contribution in [0.2, 0.25) is 0 Å². The summed E-state index contributed by atoms with van der Waals surface area (Å²) in [6, 6.07) is 12.9. The minimum absolute atomic E-state index is 0.200. The minimum atomic E-state index is 0.200. The van der Waals surface area contributed by atoms with Crippen molar-refractivity contribution in [2.45, 2.75) is 38.5 Å². The van der Waals surface area contributed by atoms with Gasteiger partial charge in [-0.05, 0) is 37.6 Å². The van der Waals surface area contributed by atoms with E-state index in [2.05, 4.69) is 40.5 Å². The van der Waals surface area contributed by atoms with E-state index in [0.717, 1.165) is 37.2 Å². The van der Waals surface area contributed by atoms with Crippen LogP contribution in [0.15, 0.2) is 42.6 Å². The van der Waals surface area contributed by atoms with Gasteiger partial charge in [-0.1, -0.05) is 37.0 Å². The predicted molar refractivity (Wildman–Crippen MR) is 95.8 cm³/mol. The molecule has 124 valence electrons. The van der Waals surface area contributed by atoms with E-state index in [-0.39, 0.29) is 6.10 Å². The van der Waals surface area contributed by atoms with Gasteiger partial charge >= 0.3 is 0 Å². The Hall–Kier alpha value is -2.02. The van der Waals surface area contributed by atoms with E-state index in [9.17, 15) is 0 Å². The number of nitrogens with zero attached hydrogens (tertiary/aromatic N) is 2. The number of fused-ring (bicyclic) bond motifs is 3. The van der Waals surface area contributed by atoms with Crippen LogP contribution in [0.25, 0.3) is 0 Å². The lowest BCUT2D eigenvalue weighted by Gasteiger charge is -2.44. The van der Waals surface area contributed by atoms with Crippen LogP contribution in [0.5, 0.6) is 0 Å². The minimum Gasteiger partial charge on any atom is -0.369 e. The van der Waals surface area contributed by atoms with Crippen molar-refractivity contribution in [1.29, 1.82) is 0 Å². The topological polar surface area (TPSA) is 17.4 Å². The van der Waals surface area contributed by atoms with Gasteiger partial charge in [-0.3, -0.25) is 4.90 Å². The molecule has 0 unspecified atom stereocenters. The Bertz CT molecular complexity index is 751. The normalized spacial score (nSPS) is 23.0. The Morgan fingerprint density at radius 1 is 1.12 bits per heavy atom. The van der Waals surface area contributed by atoms with E-state index in [1.807, 2.05) is 30.3 Å². The van der Waals surface area contributed by atoms with Crippen LogP contribution in [0.4, 0.5) is 0 Å². The molecule has 2 aliphatic rings. The summed E-state index contributed by atoms with van der Waals surface area (Å²) in [7, 11) is 0. The van der Waals surface area contributed by atoms with Gasteiger partial charge in [0.1, 0.15) is 6.10 Å². The molecule has 3 heteroatoms. The largest absolute Gasteiger partial charge is 0.369 e. The van der Waals surface area contributed by atoms with Crippen LogP contribution < -0.4 is 0 Å². The molecule has 1 fully saturated rings. The molecule has 1 aromatic carbocycles. The maximum Gasteiger partial charge on any atom is 0.113 e. The Morgan fingerprint density at radius 3 is 2.79 bits per heavy atom. The predicted octanol–water partition coefficient (Wildman–Crippen LogP) is 3.44. The second kappa shape index (κ2) is 6.84. The first-order valence-electron chi connectivity index (χ1n) is 8.98. The molecule has 0 spiro atoms. The third-order valence-electron chi connectivity index (χ3n) is 5.02. The zero-order valence-electron chi connectivity index (χ0n) is 14.2. The molecule has 2 aromatic rings. The van der Waals surface area contributed by atoms with Gasteiger partial charge in [-0.15, -0.1) is 0 Å². The number of morpholine rings is 1. The summed E-state index contributed by atoms with van der Waals surface area (Å²) < 4.78 is 8.49. The van der Waals surface area contributed by atoms with E-state index < -0.39 is 0 Å². The number of benzene rings is 1. The Labute approximate surface area is 144 Å². The third kappa shape index (κ3) is 3.00. The molecule has 1 aromatic heterocycles. The fourth-order valence-corrected chi connectivity index (χ4v) is 3.91. The van der Waals surface area contributed by atoms with Gasteiger partial charge in [0.15, 0.2) is 0 Å². The van der Waals surface area contributed by atoms with Crippen LogP contribution in [-0.4, -0.2) is 35.2 Å². The third-order valence-corrected chi connectivity index (χ3v) is 5.02. The van der Waals surface area contributed by atoms with Gasteiger partial charge in [0.25, 0.3) is 0 Å². The molecule has 4 rings (SSSR count). The van der Waals surface area contributed by atoms with Crippen molar-refractivity contribution >= 4 is 0 Å². The Kier molecular flexibility index (Phi) is 4.42. The second-order valence-electron chi connectivity index (χ2n) is 6.65. The first kappa shape index (κ1) is 15.5. The summed E-state index contributed by atoms with van der Waals surface area (Å²) in [6.07, 6.45) is 4.76. The van der Waals surface area contributed by atoms with Crippen molar-refractivity contribution in [1.82, 2.24) is 9.47 Å². The van der Waals surface area contributed by atoms with Crippen LogP contribution in [0.3, 0.4) is 0 Å². The van der Waals surface area contributed by atoms with E-state index in [1.165, 1.54) is 18.7 Å². The fourth-order valence-electron chi connectivity index (χ4n) is 3.91. The Morgan fingerprint density at radius 2 is 1.96 bits per heavy atom. The number of aromatic nitrogens is 1. The summed E-state index contributed by atoms with van der Waals surface area (Å²) in [4.78, 5) is 2.61. The van der Waals surface area contributed by atoms with Gasteiger partial charge < -0.3 is 9.30 Å². The lowest BCUT2D eigenvalue weighted by atomic mass is 9.97. The highest BCUT2D eigenvalue weighted by molar-refractivity contribution is 5.43. The maximum atomic E-state index is 6.15. The molecule has 2 aliphatic heterocycles. The zero-order chi connectivity index (χ0) is 16.4. The highest BCUT2D eigenvalue weighted by Gasteiger charge is 2.37. The number of hydrogen-bond acceptors (Lipinski definition) is 2. The maximum absolute atomic E-state index is 6.15. The van der Waals surface area contributed by atoms with Crippen LogP contribution >= 0.6 is 0 Å². The number of rotatable bonds is 2. The van der Waals surface area contributed by atoms with Crippen molar-refractivity contribution in [3.8, 4) is 11.8 Å². The lowest BCUT2D eigenvalue weighted by Crippen LogP contribution is -2.50. The van der Waals surface area contributed by atoms with Gasteiger partial charge in [0.05, 0.1) is 6.61 Å². The van der Waals surface area contributed by atoms with Gasteiger partial charge in [-0.25, -0.2) is 0 Å². The average Bonchev–Trinajstić information content (AvgIpc) is 3.05. The molecule has 24 heavy (non-hydrogen) atoms. The van der Waals surface area contributed by atoms with Crippen LogP contribution in [-0.2, 0) is 11.3 Å². The van der Waals surface area contributed by atoms with Gasteiger partial charge in [-0.2, -0.15) is 0 Å². The molecular weight excluding hydrogens is 296 g/mol. The first-order valence-corrected chi connectivity index (χ1v) is 8.98. The summed E-state index contributed by atoms with van der Waals surface area (Å²) in [5.41, 5.74) is 3.44. The summed E-state index contributed by atoms with van der Waals surface area (Å²) in [5, 5.41) is 0. The fraction of sp³-hybridized carbons (Fsp3) is 0.429. The molecule has 3 nitrogen and oxygen atoms in total. The van der Waals surface area contributed by atoms with Crippen molar-refractivity contribution in [2.24, 2.45) is 0 Å². The number of ether oxygens (including phenoxy) is 1. The molecule has 0 saturated carbocycles. The number of hydrogen-bond donors (Lipinski definition) is 0. The molecule has 0 amide bonds. The molecule has 0 N–H and O–H groups in total. The molecule has 0 aliphatic carbocycles. The summed E-state index contributed by atoms with van der Waals surface area (Å²) in [5.74, 6) is 6.57. The molecular formula is C21H24N2O. The SMILES string of the molecule is CCCN1CCO[C@H]2c3cc(C#Cc4ccccc4)cn3CC[C@H]21. The van der Waals surface area contributed by atoms with E-state index >= 15 is 0 Å². The Balaban J connectivity index is 1.58. The van der Waals surface area contributed by atoms with Crippen LogP contribution in [0.1, 0.15) is 42.7 Å². The molecule has 0 radical (unpaired) electrons. The van der Waals surface area contributed by atoms with E-state index in [1.54, 1.807) is 0 Å². The second-order valence-corrected chi connectivity index (χ2v) is 6.65. The van der Waals surface area contributed by atoms with Crippen molar-refractivity contribution < 1.29 is 4.74 Å². The first-order chi connectivity index (χ1) is 11.8. The smallest absolute Gasteiger partial charge is 0.113 e. The van der Waals surface area contributed by atoms with E-state index in [0.29, 0.717) is 6.04 Å². The zero-order valence-corrected chi connectivity index (χ0v) is 14.2. The van der Waals surface area contributed by atoms with Gasteiger partial charge in [0, 0.05) is 42.1 Å². The average molecular weight is 320 g/mol. The van der Waals surface area contributed by atoms with E-state index in [4.69, 9.17) is 4.74 Å². The molecule has 3 heterocycles. The highest BCUT2D eigenvalue weighted by atomic mass is 16.5. The standard InChI is InChI=1S/C21H24N2O/c1-2-11-22-13-14-24-21-19(22)10-12-23-16-18(15-20(21)23)9-8-17-6-4-3-5-7-17/h3-7,15-16,19,21H,2,10-14H2,1H3/t19-,21-/m1/s1. The molecule has 0 bridgehead atoms. The monoisotopic (exact) mass is 320 g/mol.